The minimum Gasteiger partial charge on any atom is -0.324 e. The number of hydrogen-bond donors (Lipinski definition) is 2. The van der Waals surface area contributed by atoms with Crippen LogP contribution in [-0.2, 0) is 4.79 Å². The lowest BCUT2D eigenvalue weighted by Gasteiger charge is -2.14. The van der Waals surface area contributed by atoms with E-state index in [1.807, 2.05) is 26.0 Å². The Bertz CT molecular complexity index is 1080. The number of halogens is 2. The number of amides is 2. The fourth-order valence-corrected chi connectivity index (χ4v) is 3.02. The van der Waals surface area contributed by atoms with E-state index in [1.54, 1.807) is 43.5 Å². The number of nitrogens with one attached hydrogen (secondary N) is 2. The second-order valence-electron chi connectivity index (χ2n) is 6.72. The minimum atomic E-state index is -0.622. The van der Waals surface area contributed by atoms with Crippen molar-refractivity contribution in [3.8, 4) is 0 Å². The smallest absolute Gasteiger partial charge is 0.276 e. The molecular formula is C21H20Cl2N4O2. The van der Waals surface area contributed by atoms with Gasteiger partial charge in [0, 0.05) is 27.6 Å². The molecule has 150 valence electrons. The van der Waals surface area contributed by atoms with Crippen LogP contribution in [0.25, 0.3) is 0 Å². The van der Waals surface area contributed by atoms with Gasteiger partial charge < -0.3 is 10.6 Å². The third-order valence-corrected chi connectivity index (χ3v) is 4.99. The number of rotatable bonds is 5. The maximum atomic E-state index is 12.6. The van der Waals surface area contributed by atoms with Crippen molar-refractivity contribution in [2.24, 2.45) is 0 Å². The molecule has 1 atom stereocenters. The first kappa shape index (κ1) is 20.9. The number of nitrogens with zero attached hydrogens (tertiary/aromatic N) is 2. The normalized spacial score (nSPS) is 11.8. The molecule has 2 N–H and O–H groups in total. The van der Waals surface area contributed by atoms with E-state index in [1.165, 1.54) is 4.68 Å². The molecular weight excluding hydrogens is 411 g/mol. The van der Waals surface area contributed by atoms with Crippen molar-refractivity contribution in [2.45, 2.75) is 26.8 Å². The zero-order valence-corrected chi connectivity index (χ0v) is 17.7. The molecule has 2 amide bonds. The van der Waals surface area contributed by atoms with Gasteiger partial charge in [-0.15, -0.1) is 0 Å². The third-order valence-electron chi connectivity index (χ3n) is 4.52. The Morgan fingerprint density at radius 1 is 0.931 bits per heavy atom. The topological polar surface area (TPSA) is 76.0 Å². The molecule has 2 aromatic carbocycles. The van der Waals surface area contributed by atoms with Crippen LogP contribution in [0.4, 0.5) is 11.4 Å². The van der Waals surface area contributed by atoms with E-state index in [0.717, 1.165) is 11.1 Å². The monoisotopic (exact) mass is 430 g/mol. The van der Waals surface area contributed by atoms with Gasteiger partial charge in [0.2, 0.25) is 5.91 Å². The molecule has 0 bridgehead atoms. The van der Waals surface area contributed by atoms with Crippen LogP contribution in [0.3, 0.4) is 0 Å². The number of carbonyl (C=O) groups excluding carboxylic acids is 2. The van der Waals surface area contributed by atoms with Crippen molar-refractivity contribution in [1.29, 1.82) is 0 Å². The van der Waals surface area contributed by atoms with E-state index in [0.29, 0.717) is 21.4 Å². The van der Waals surface area contributed by atoms with Crippen molar-refractivity contribution < 1.29 is 9.59 Å². The standard InChI is InChI=1S/C21H20Cl2N4O2/c1-12-4-6-15(22)10-18(12)24-20(28)14(3)27-9-8-17(26-27)21(29)25-19-11-16(23)7-5-13(19)2/h4-11,14H,1-3H3,(H,24,28)(H,25,29)/t14-/m0/s1. The summed E-state index contributed by atoms with van der Waals surface area (Å²) >= 11 is 12.0. The molecule has 6 nitrogen and oxygen atoms in total. The van der Waals surface area contributed by atoms with Crippen molar-refractivity contribution in [3.63, 3.8) is 0 Å². The summed E-state index contributed by atoms with van der Waals surface area (Å²) in [5.41, 5.74) is 3.22. The van der Waals surface area contributed by atoms with E-state index < -0.39 is 6.04 Å². The number of hydrogen-bond acceptors (Lipinski definition) is 3. The summed E-state index contributed by atoms with van der Waals surface area (Å²) in [5, 5.41) is 10.9. The Labute approximate surface area is 178 Å². The second kappa shape index (κ2) is 8.68. The molecule has 0 aliphatic rings. The lowest BCUT2D eigenvalue weighted by molar-refractivity contribution is -0.119. The summed E-state index contributed by atoms with van der Waals surface area (Å²) < 4.78 is 1.44. The fourth-order valence-electron chi connectivity index (χ4n) is 2.68. The van der Waals surface area contributed by atoms with Crippen molar-refractivity contribution in [2.75, 3.05) is 10.6 Å². The maximum Gasteiger partial charge on any atom is 0.276 e. The summed E-state index contributed by atoms with van der Waals surface area (Å²) in [4.78, 5) is 25.1. The maximum absolute atomic E-state index is 12.6. The Balaban J connectivity index is 1.71. The Morgan fingerprint density at radius 3 is 2.07 bits per heavy atom. The first-order chi connectivity index (χ1) is 13.7. The largest absolute Gasteiger partial charge is 0.324 e. The Kier molecular flexibility index (Phi) is 6.25. The van der Waals surface area contributed by atoms with E-state index in [4.69, 9.17) is 23.2 Å². The zero-order chi connectivity index (χ0) is 21.1. The molecule has 0 spiro atoms. The van der Waals surface area contributed by atoms with Gasteiger partial charge in [-0.25, -0.2) is 0 Å². The van der Waals surface area contributed by atoms with Crippen molar-refractivity contribution in [3.05, 3.63) is 75.5 Å². The average Bonchev–Trinajstić information content (AvgIpc) is 3.17. The highest BCUT2D eigenvalue weighted by atomic mass is 35.5. The quantitative estimate of drug-likeness (QED) is 0.579. The molecule has 0 saturated carbocycles. The SMILES string of the molecule is Cc1ccc(Cl)cc1NC(=O)c1ccn([C@@H](C)C(=O)Nc2cc(Cl)ccc2C)n1. The molecule has 0 aliphatic heterocycles. The molecule has 0 aliphatic carbocycles. The highest BCUT2D eigenvalue weighted by Gasteiger charge is 2.19. The van der Waals surface area contributed by atoms with Crippen LogP contribution in [0.2, 0.25) is 10.0 Å². The van der Waals surface area contributed by atoms with Crippen molar-refractivity contribution in [1.82, 2.24) is 9.78 Å². The molecule has 0 saturated heterocycles. The molecule has 0 fully saturated rings. The van der Waals surface area contributed by atoms with Gasteiger partial charge in [-0.2, -0.15) is 5.10 Å². The van der Waals surface area contributed by atoms with Crippen LogP contribution in [0.1, 0.15) is 34.6 Å². The number of anilines is 2. The number of benzene rings is 2. The van der Waals surface area contributed by atoms with Crippen molar-refractivity contribution >= 4 is 46.4 Å². The lowest BCUT2D eigenvalue weighted by Crippen LogP contribution is -2.25. The Morgan fingerprint density at radius 2 is 1.48 bits per heavy atom. The Hall–Kier alpha value is -2.83. The molecule has 1 aromatic heterocycles. The third kappa shape index (κ3) is 4.96. The van der Waals surface area contributed by atoms with Crippen LogP contribution in [-0.4, -0.2) is 21.6 Å². The second-order valence-corrected chi connectivity index (χ2v) is 7.59. The molecule has 0 unspecified atom stereocenters. The number of aryl methyl sites for hydroxylation is 2. The van der Waals surface area contributed by atoms with Gasteiger partial charge in [0.05, 0.1) is 0 Å². The van der Waals surface area contributed by atoms with Gasteiger partial charge in [0.1, 0.15) is 6.04 Å². The predicted molar refractivity (Wildman–Crippen MR) is 116 cm³/mol. The summed E-state index contributed by atoms with van der Waals surface area (Å²) in [6.45, 7) is 5.45. The highest BCUT2D eigenvalue weighted by Crippen LogP contribution is 2.22. The van der Waals surface area contributed by atoms with E-state index >= 15 is 0 Å². The van der Waals surface area contributed by atoms with Gasteiger partial charge in [0.15, 0.2) is 5.69 Å². The fraction of sp³-hybridized carbons (Fsp3) is 0.190. The first-order valence-electron chi connectivity index (χ1n) is 8.94. The summed E-state index contributed by atoms with van der Waals surface area (Å²) in [7, 11) is 0. The molecule has 1 heterocycles. The molecule has 3 rings (SSSR count). The summed E-state index contributed by atoms with van der Waals surface area (Å²) in [6.07, 6.45) is 1.59. The predicted octanol–water partition coefficient (Wildman–Crippen LogP) is 5.26. The average molecular weight is 431 g/mol. The highest BCUT2D eigenvalue weighted by molar-refractivity contribution is 6.31. The van der Waals surface area contributed by atoms with Gasteiger partial charge in [-0.05, 0) is 62.2 Å². The van der Waals surface area contributed by atoms with Gasteiger partial charge in [0.25, 0.3) is 5.91 Å². The lowest BCUT2D eigenvalue weighted by atomic mass is 10.2. The van der Waals surface area contributed by atoms with Gasteiger partial charge in [-0.3, -0.25) is 14.3 Å². The zero-order valence-electron chi connectivity index (χ0n) is 16.2. The van der Waals surface area contributed by atoms with Crippen LogP contribution in [0.15, 0.2) is 48.7 Å². The summed E-state index contributed by atoms with van der Waals surface area (Å²) in [5.74, 6) is -0.650. The van der Waals surface area contributed by atoms with E-state index in [2.05, 4.69) is 15.7 Å². The summed E-state index contributed by atoms with van der Waals surface area (Å²) in [6, 6.07) is 11.5. The first-order valence-corrected chi connectivity index (χ1v) is 9.70. The van der Waals surface area contributed by atoms with Gasteiger partial charge >= 0.3 is 0 Å². The molecule has 8 heteroatoms. The van der Waals surface area contributed by atoms with Gasteiger partial charge in [-0.1, -0.05) is 35.3 Å². The van der Waals surface area contributed by atoms with E-state index in [-0.39, 0.29) is 17.5 Å². The minimum absolute atomic E-state index is 0.197. The molecule has 29 heavy (non-hydrogen) atoms. The van der Waals surface area contributed by atoms with E-state index in [9.17, 15) is 9.59 Å². The number of aromatic nitrogens is 2. The van der Waals surface area contributed by atoms with Crippen LogP contribution in [0.5, 0.6) is 0 Å². The van der Waals surface area contributed by atoms with Crippen LogP contribution < -0.4 is 10.6 Å². The van der Waals surface area contributed by atoms with Crippen LogP contribution in [0, 0.1) is 13.8 Å². The molecule has 0 radical (unpaired) electrons. The van der Waals surface area contributed by atoms with Crippen LogP contribution >= 0.6 is 23.2 Å². The number of carbonyl (C=O) groups is 2. The molecule has 3 aromatic rings.